The number of carboxylic acid groups (broad SMARTS) is 1. The SMILES string of the molecule is COc1ccc2c(c1)C=CC([C@H](C)C(=O)O)C2=O. The molecule has 2 atom stereocenters. The van der Waals surface area contributed by atoms with Crippen LogP contribution in [0.25, 0.3) is 6.08 Å². The highest BCUT2D eigenvalue weighted by molar-refractivity contribution is 6.06. The van der Waals surface area contributed by atoms with Crippen LogP contribution in [0.1, 0.15) is 22.8 Å². The maximum atomic E-state index is 12.2. The van der Waals surface area contributed by atoms with Crippen molar-refractivity contribution in [2.45, 2.75) is 6.92 Å². The van der Waals surface area contributed by atoms with Crippen molar-refractivity contribution in [2.24, 2.45) is 11.8 Å². The molecule has 0 amide bonds. The molecule has 0 radical (unpaired) electrons. The van der Waals surface area contributed by atoms with Crippen LogP contribution in [0, 0.1) is 11.8 Å². The Morgan fingerprint density at radius 3 is 2.78 bits per heavy atom. The first-order valence-corrected chi connectivity index (χ1v) is 5.68. The van der Waals surface area contributed by atoms with Gasteiger partial charge in [-0.15, -0.1) is 0 Å². The molecule has 1 aromatic carbocycles. The summed E-state index contributed by atoms with van der Waals surface area (Å²) in [4.78, 5) is 23.2. The van der Waals surface area contributed by atoms with Crippen LogP contribution in [0.15, 0.2) is 24.3 Å². The summed E-state index contributed by atoms with van der Waals surface area (Å²) in [5, 5.41) is 8.98. The van der Waals surface area contributed by atoms with Gasteiger partial charge in [0.2, 0.25) is 0 Å². The molecule has 0 fully saturated rings. The largest absolute Gasteiger partial charge is 0.497 e. The molecule has 1 aliphatic carbocycles. The van der Waals surface area contributed by atoms with Gasteiger partial charge in [-0.05, 0) is 23.8 Å². The first-order chi connectivity index (χ1) is 8.54. The third-order valence-electron chi connectivity index (χ3n) is 3.24. The normalized spacial score (nSPS) is 19.2. The molecule has 0 spiro atoms. The van der Waals surface area contributed by atoms with E-state index in [1.165, 1.54) is 0 Å². The Bertz CT molecular complexity index is 531. The molecule has 0 aliphatic heterocycles. The van der Waals surface area contributed by atoms with Crippen LogP contribution in [0.3, 0.4) is 0 Å². The number of hydrogen-bond acceptors (Lipinski definition) is 3. The number of carboxylic acids is 1. The van der Waals surface area contributed by atoms with Crippen LogP contribution in [0.5, 0.6) is 5.75 Å². The zero-order chi connectivity index (χ0) is 13.3. The second-order valence-electron chi connectivity index (χ2n) is 4.33. The van der Waals surface area contributed by atoms with E-state index in [9.17, 15) is 9.59 Å². The van der Waals surface area contributed by atoms with E-state index in [0.29, 0.717) is 11.3 Å². The summed E-state index contributed by atoms with van der Waals surface area (Å²) < 4.78 is 5.09. The number of ether oxygens (including phenoxy) is 1. The molecule has 0 aromatic heterocycles. The number of carbonyl (C=O) groups is 2. The summed E-state index contributed by atoms with van der Waals surface area (Å²) in [5.41, 5.74) is 1.32. The molecule has 0 heterocycles. The van der Waals surface area contributed by atoms with Gasteiger partial charge in [-0.1, -0.05) is 19.1 Å². The van der Waals surface area contributed by atoms with Crippen LogP contribution in [0.2, 0.25) is 0 Å². The van der Waals surface area contributed by atoms with Crippen molar-refractivity contribution in [3.63, 3.8) is 0 Å². The topological polar surface area (TPSA) is 63.6 Å². The predicted octanol–water partition coefficient (Wildman–Crippen LogP) is 2.24. The molecule has 1 unspecified atom stereocenters. The van der Waals surface area contributed by atoms with Gasteiger partial charge >= 0.3 is 5.97 Å². The van der Waals surface area contributed by atoms with Crippen LogP contribution in [-0.4, -0.2) is 24.0 Å². The smallest absolute Gasteiger partial charge is 0.307 e. The Hall–Kier alpha value is -2.10. The maximum absolute atomic E-state index is 12.2. The summed E-state index contributed by atoms with van der Waals surface area (Å²) in [6, 6.07) is 5.16. The second-order valence-corrected chi connectivity index (χ2v) is 4.33. The van der Waals surface area contributed by atoms with E-state index in [4.69, 9.17) is 9.84 Å². The first-order valence-electron chi connectivity index (χ1n) is 5.68. The van der Waals surface area contributed by atoms with Crippen LogP contribution < -0.4 is 4.74 Å². The van der Waals surface area contributed by atoms with E-state index in [1.54, 1.807) is 44.4 Å². The first kappa shape index (κ1) is 12.4. The molecule has 1 N–H and O–H groups in total. The van der Waals surface area contributed by atoms with E-state index in [2.05, 4.69) is 0 Å². The Morgan fingerprint density at radius 1 is 1.44 bits per heavy atom. The molecule has 4 nitrogen and oxygen atoms in total. The van der Waals surface area contributed by atoms with Crippen molar-refractivity contribution < 1.29 is 19.4 Å². The molecule has 2 rings (SSSR count). The summed E-state index contributed by atoms with van der Waals surface area (Å²) in [6.45, 7) is 1.55. The summed E-state index contributed by atoms with van der Waals surface area (Å²) >= 11 is 0. The number of allylic oxidation sites excluding steroid dienone is 1. The number of carbonyl (C=O) groups excluding carboxylic acids is 1. The Labute approximate surface area is 105 Å². The molecule has 94 valence electrons. The minimum Gasteiger partial charge on any atom is -0.497 e. The highest BCUT2D eigenvalue weighted by atomic mass is 16.5. The molecule has 4 heteroatoms. The van der Waals surface area contributed by atoms with Crippen molar-refractivity contribution in [1.82, 2.24) is 0 Å². The lowest BCUT2D eigenvalue weighted by Crippen LogP contribution is -2.28. The van der Waals surface area contributed by atoms with Crippen molar-refractivity contribution in [2.75, 3.05) is 7.11 Å². The number of aliphatic carboxylic acids is 1. The third-order valence-corrected chi connectivity index (χ3v) is 3.24. The lowest BCUT2D eigenvalue weighted by atomic mass is 9.81. The zero-order valence-electron chi connectivity index (χ0n) is 10.2. The quantitative estimate of drug-likeness (QED) is 0.888. The number of ketones is 1. The van der Waals surface area contributed by atoms with E-state index >= 15 is 0 Å². The van der Waals surface area contributed by atoms with Crippen LogP contribution in [-0.2, 0) is 4.79 Å². The van der Waals surface area contributed by atoms with Gasteiger partial charge in [0.15, 0.2) is 5.78 Å². The molecule has 0 saturated carbocycles. The van der Waals surface area contributed by atoms with E-state index in [1.807, 2.05) is 0 Å². The van der Waals surface area contributed by atoms with Gasteiger partial charge in [-0.2, -0.15) is 0 Å². The molecule has 1 aliphatic rings. The minimum atomic E-state index is -0.963. The van der Waals surface area contributed by atoms with E-state index < -0.39 is 17.8 Å². The van der Waals surface area contributed by atoms with Gasteiger partial charge in [0.05, 0.1) is 18.9 Å². The molecular formula is C14H14O4. The van der Waals surface area contributed by atoms with Crippen molar-refractivity contribution >= 4 is 17.8 Å². The highest BCUT2D eigenvalue weighted by Crippen LogP contribution is 2.30. The molecular weight excluding hydrogens is 232 g/mol. The molecule has 1 aromatic rings. The summed E-state index contributed by atoms with van der Waals surface area (Å²) in [7, 11) is 1.56. The van der Waals surface area contributed by atoms with Gasteiger partial charge in [-0.3, -0.25) is 9.59 Å². The third kappa shape index (κ3) is 2.01. The van der Waals surface area contributed by atoms with Gasteiger partial charge in [-0.25, -0.2) is 0 Å². The summed E-state index contributed by atoms with van der Waals surface area (Å²) in [6.07, 6.45) is 3.44. The Balaban J connectivity index is 2.38. The zero-order valence-corrected chi connectivity index (χ0v) is 10.2. The van der Waals surface area contributed by atoms with Crippen LogP contribution >= 0.6 is 0 Å². The molecule has 18 heavy (non-hydrogen) atoms. The minimum absolute atomic E-state index is 0.148. The second kappa shape index (κ2) is 4.64. The number of Topliss-reactive ketones (excluding diaryl/α,β-unsaturated/α-hetero) is 1. The predicted molar refractivity (Wildman–Crippen MR) is 66.6 cm³/mol. The van der Waals surface area contributed by atoms with Gasteiger partial charge in [0.25, 0.3) is 0 Å². The number of hydrogen-bond donors (Lipinski definition) is 1. The number of rotatable bonds is 3. The lowest BCUT2D eigenvalue weighted by molar-refractivity contribution is -0.141. The van der Waals surface area contributed by atoms with E-state index in [0.717, 1.165) is 5.56 Å². The van der Waals surface area contributed by atoms with Gasteiger partial charge in [0, 0.05) is 5.56 Å². The number of fused-ring (bicyclic) bond motifs is 1. The highest BCUT2D eigenvalue weighted by Gasteiger charge is 2.31. The Kier molecular flexibility index (Phi) is 3.19. The average molecular weight is 246 g/mol. The molecule has 0 bridgehead atoms. The molecule has 0 saturated heterocycles. The fourth-order valence-electron chi connectivity index (χ4n) is 2.05. The maximum Gasteiger partial charge on any atom is 0.307 e. The lowest BCUT2D eigenvalue weighted by Gasteiger charge is -2.21. The van der Waals surface area contributed by atoms with Crippen LogP contribution in [0.4, 0.5) is 0 Å². The van der Waals surface area contributed by atoms with Crippen molar-refractivity contribution in [3.05, 3.63) is 35.4 Å². The summed E-state index contributed by atoms with van der Waals surface area (Å²) in [5.74, 6) is -1.75. The average Bonchev–Trinajstić information content (AvgIpc) is 2.37. The van der Waals surface area contributed by atoms with E-state index in [-0.39, 0.29) is 5.78 Å². The van der Waals surface area contributed by atoms with Crippen molar-refractivity contribution in [1.29, 1.82) is 0 Å². The van der Waals surface area contributed by atoms with Crippen molar-refractivity contribution in [3.8, 4) is 5.75 Å². The fraction of sp³-hybridized carbons (Fsp3) is 0.286. The Morgan fingerprint density at radius 2 is 2.17 bits per heavy atom. The monoisotopic (exact) mass is 246 g/mol. The van der Waals surface area contributed by atoms with Gasteiger partial charge in [0.1, 0.15) is 5.75 Å². The number of methoxy groups -OCH3 is 1. The fourth-order valence-corrected chi connectivity index (χ4v) is 2.05. The standard InChI is InChI=1S/C14H14O4/c1-8(14(16)17)11-5-3-9-7-10(18-2)4-6-12(9)13(11)15/h3-8,11H,1-2H3,(H,16,17)/t8-,11?/m0/s1. The number of benzene rings is 1. The van der Waals surface area contributed by atoms with Gasteiger partial charge < -0.3 is 9.84 Å².